The van der Waals surface area contributed by atoms with Gasteiger partial charge in [-0.2, -0.15) is 0 Å². The minimum Gasteiger partial charge on any atom is -0.462 e. The monoisotopic (exact) mass is 462 g/mol. The van der Waals surface area contributed by atoms with Crippen molar-refractivity contribution >= 4 is 34.4 Å². The first-order valence-corrected chi connectivity index (χ1v) is 11.2. The molecular weight excluding hydrogens is 432 g/mol. The van der Waals surface area contributed by atoms with Crippen molar-refractivity contribution < 1.29 is 23.9 Å². The molecule has 0 radical (unpaired) electrons. The summed E-state index contributed by atoms with van der Waals surface area (Å²) in [4.78, 5) is 38.1. The summed E-state index contributed by atoms with van der Waals surface area (Å²) in [6.07, 6.45) is -0.468. The lowest BCUT2D eigenvalue weighted by Crippen LogP contribution is -2.47. The van der Waals surface area contributed by atoms with E-state index in [-0.39, 0.29) is 18.6 Å². The molecule has 0 aliphatic carbocycles. The number of nitrogens with one attached hydrogen (secondary N) is 2. The molecule has 1 atom stereocenters. The second-order valence-corrected chi connectivity index (χ2v) is 8.84. The molecule has 2 N–H and O–H groups in total. The van der Waals surface area contributed by atoms with Crippen molar-refractivity contribution in [2.45, 2.75) is 45.8 Å². The van der Waals surface area contributed by atoms with Crippen molar-refractivity contribution in [1.29, 1.82) is 0 Å². The number of rotatable bonds is 7. The Morgan fingerprint density at radius 1 is 0.912 bits per heavy atom. The number of alkyl carbamates (subject to hydrolysis) is 1. The first-order valence-electron chi connectivity index (χ1n) is 11.2. The fourth-order valence-corrected chi connectivity index (χ4v) is 3.46. The molecule has 2 amide bonds. The molecule has 0 saturated carbocycles. The lowest BCUT2D eigenvalue weighted by molar-refractivity contribution is -0.118. The number of hydrogen-bond acceptors (Lipinski definition) is 5. The van der Waals surface area contributed by atoms with Gasteiger partial charge < -0.3 is 20.1 Å². The predicted molar refractivity (Wildman–Crippen MR) is 132 cm³/mol. The molecule has 0 aliphatic rings. The average Bonchev–Trinajstić information content (AvgIpc) is 2.78. The highest BCUT2D eigenvalue weighted by atomic mass is 16.6. The molecule has 0 fully saturated rings. The number of fused-ring (bicyclic) bond motifs is 1. The smallest absolute Gasteiger partial charge is 0.408 e. The van der Waals surface area contributed by atoms with Crippen LogP contribution < -0.4 is 10.6 Å². The fraction of sp³-hybridized carbons (Fsp3) is 0.296. The van der Waals surface area contributed by atoms with Gasteiger partial charge in [0.15, 0.2) is 0 Å². The van der Waals surface area contributed by atoms with Crippen LogP contribution >= 0.6 is 0 Å². The first-order chi connectivity index (χ1) is 16.2. The lowest BCUT2D eigenvalue weighted by atomic mass is 10.0. The minimum atomic E-state index is -0.939. The van der Waals surface area contributed by atoms with Gasteiger partial charge in [-0.3, -0.25) is 4.79 Å². The van der Waals surface area contributed by atoms with Gasteiger partial charge in [0.05, 0.1) is 17.9 Å². The van der Waals surface area contributed by atoms with E-state index in [0.717, 1.165) is 16.3 Å². The summed E-state index contributed by atoms with van der Waals surface area (Å²) in [6, 6.07) is 19.4. The Morgan fingerprint density at radius 3 is 2.29 bits per heavy atom. The SMILES string of the molecule is CCOC(=O)c1ccccc1NC(=O)C(Cc1ccc2ccccc2c1)NC(=O)OC(C)(C)C. The summed E-state index contributed by atoms with van der Waals surface area (Å²) in [5.74, 6) is -1.01. The highest BCUT2D eigenvalue weighted by molar-refractivity contribution is 6.03. The van der Waals surface area contributed by atoms with Crippen LogP contribution in [0.25, 0.3) is 10.8 Å². The Morgan fingerprint density at radius 2 is 1.59 bits per heavy atom. The Kier molecular flexibility index (Phi) is 7.89. The van der Waals surface area contributed by atoms with Gasteiger partial charge in [0.25, 0.3) is 0 Å². The molecule has 0 saturated heterocycles. The van der Waals surface area contributed by atoms with Crippen LogP contribution in [0.15, 0.2) is 66.7 Å². The van der Waals surface area contributed by atoms with Crippen molar-refractivity contribution in [3.05, 3.63) is 77.9 Å². The summed E-state index contributed by atoms with van der Waals surface area (Å²) >= 11 is 0. The molecule has 7 heteroatoms. The normalized spacial score (nSPS) is 12.0. The number of para-hydroxylation sites is 1. The third kappa shape index (κ3) is 6.81. The maximum atomic E-state index is 13.3. The Hall–Kier alpha value is -3.87. The molecule has 1 unspecified atom stereocenters. The van der Waals surface area contributed by atoms with Gasteiger partial charge in [0.2, 0.25) is 5.91 Å². The third-order valence-corrected chi connectivity index (χ3v) is 4.94. The van der Waals surface area contributed by atoms with Crippen molar-refractivity contribution in [2.75, 3.05) is 11.9 Å². The highest BCUT2D eigenvalue weighted by Crippen LogP contribution is 2.20. The average molecular weight is 463 g/mol. The van der Waals surface area contributed by atoms with E-state index >= 15 is 0 Å². The zero-order valence-corrected chi connectivity index (χ0v) is 19.9. The van der Waals surface area contributed by atoms with Crippen LogP contribution in [0.3, 0.4) is 0 Å². The van der Waals surface area contributed by atoms with E-state index in [1.165, 1.54) is 0 Å². The topological polar surface area (TPSA) is 93.7 Å². The molecule has 0 heterocycles. The van der Waals surface area contributed by atoms with Gasteiger partial charge in [0.1, 0.15) is 11.6 Å². The Bertz CT molecular complexity index is 1180. The molecule has 0 spiro atoms. The number of carbonyl (C=O) groups excluding carboxylic acids is 3. The van der Waals surface area contributed by atoms with Crippen LogP contribution in [-0.2, 0) is 20.7 Å². The van der Waals surface area contributed by atoms with E-state index in [0.29, 0.717) is 5.69 Å². The summed E-state index contributed by atoms with van der Waals surface area (Å²) in [6.45, 7) is 7.18. The molecule has 0 aromatic heterocycles. The van der Waals surface area contributed by atoms with Gasteiger partial charge in [-0.25, -0.2) is 9.59 Å². The van der Waals surface area contributed by atoms with Gasteiger partial charge in [-0.1, -0.05) is 54.6 Å². The van der Waals surface area contributed by atoms with E-state index < -0.39 is 29.6 Å². The van der Waals surface area contributed by atoms with E-state index in [1.54, 1.807) is 52.0 Å². The van der Waals surface area contributed by atoms with Gasteiger partial charge >= 0.3 is 12.1 Å². The van der Waals surface area contributed by atoms with Crippen LogP contribution in [-0.4, -0.2) is 36.2 Å². The number of esters is 1. The van der Waals surface area contributed by atoms with Crippen LogP contribution in [0.4, 0.5) is 10.5 Å². The summed E-state index contributed by atoms with van der Waals surface area (Å²) < 4.78 is 10.5. The Balaban J connectivity index is 1.86. The summed E-state index contributed by atoms with van der Waals surface area (Å²) in [5.41, 5.74) is 0.693. The van der Waals surface area contributed by atoms with E-state index in [4.69, 9.17) is 9.47 Å². The predicted octanol–water partition coefficient (Wildman–Crippen LogP) is 5.09. The lowest BCUT2D eigenvalue weighted by Gasteiger charge is -2.24. The number of ether oxygens (including phenoxy) is 2. The molecule has 3 rings (SSSR count). The number of carbonyl (C=O) groups is 3. The largest absolute Gasteiger partial charge is 0.462 e. The van der Waals surface area contributed by atoms with Crippen LogP contribution in [0.1, 0.15) is 43.6 Å². The highest BCUT2D eigenvalue weighted by Gasteiger charge is 2.26. The van der Waals surface area contributed by atoms with Crippen LogP contribution in [0.2, 0.25) is 0 Å². The second-order valence-electron chi connectivity index (χ2n) is 8.84. The third-order valence-electron chi connectivity index (χ3n) is 4.94. The summed E-state index contributed by atoms with van der Waals surface area (Å²) in [7, 11) is 0. The van der Waals surface area contributed by atoms with Crippen molar-refractivity contribution in [3.8, 4) is 0 Å². The standard InChI is InChI=1S/C27H30N2O5/c1-5-33-25(31)21-12-8-9-13-22(21)28-24(30)23(29-26(32)34-27(2,3)4)17-18-14-15-19-10-6-7-11-20(19)16-18/h6-16,23H,5,17H2,1-4H3,(H,28,30)(H,29,32). The molecule has 3 aromatic carbocycles. The van der Waals surface area contributed by atoms with Gasteiger partial charge in [0, 0.05) is 6.42 Å². The van der Waals surface area contributed by atoms with Crippen molar-refractivity contribution in [1.82, 2.24) is 5.32 Å². The number of amides is 2. The number of anilines is 1. The van der Waals surface area contributed by atoms with E-state index in [2.05, 4.69) is 10.6 Å². The Labute approximate surface area is 199 Å². The molecule has 178 valence electrons. The van der Waals surface area contributed by atoms with E-state index in [1.807, 2.05) is 42.5 Å². The minimum absolute atomic E-state index is 0.214. The molecule has 7 nitrogen and oxygen atoms in total. The van der Waals surface area contributed by atoms with Crippen molar-refractivity contribution in [3.63, 3.8) is 0 Å². The van der Waals surface area contributed by atoms with Crippen LogP contribution in [0.5, 0.6) is 0 Å². The number of hydrogen-bond donors (Lipinski definition) is 2. The zero-order chi connectivity index (χ0) is 24.7. The maximum Gasteiger partial charge on any atom is 0.408 e. The fourth-order valence-electron chi connectivity index (χ4n) is 3.46. The van der Waals surface area contributed by atoms with Crippen LogP contribution in [0, 0.1) is 0 Å². The maximum absolute atomic E-state index is 13.3. The molecule has 3 aromatic rings. The van der Waals surface area contributed by atoms with Crippen molar-refractivity contribution in [2.24, 2.45) is 0 Å². The summed E-state index contributed by atoms with van der Waals surface area (Å²) in [5, 5.41) is 7.55. The molecular formula is C27H30N2O5. The van der Waals surface area contributed by atoms with E-state index in [9.17, 15) is 14.4 Å². The molecule has 0 aliphatic heterocycles. The number of benzene rings is 3. The second kappa shape index (κ2) is 10.8. The zero-order valence-electron chi connectivity index (χ0n) is 19.9. The molecule has 0 bridgehead atoms. The van der Waals surface area contributed by atoms with Gasteiger partial charge in [-0.15, -0.1) is 0 Å². The first kappa shape index (κ1) is 24.8. The quantitative estimate of drug-likeness (QED) is 0.477. The molecule has 34 heavy (non-hydrogen) atoms. The van der Waals surface area contributed by atoms with Gasteiger partial charge in [-0.05, 0) is 56.2 Å².